The molecule has 39 heavy (non-hydrogen) atoms. The van der Waals surface area contributed by atoms with Crippen LogP contribution >= 0.6 is 11.6 Å². The molecule has 6 nitrogen and oxygen atoms in total. The van der Waals surface area contributed by atoms with Gasteiger partial charge in [-0.05, 0) is 81.4 Å². The van der Waals surface area contributed by atoms with Crippen molar-refractivity contribution < 1.29 is 22.7 Å². The minimum Gasteiger partial charge on any atom is -0.497 e. The van der Waals surface area contributed by atoms with Crippen molar-refractivity contribution in [3.8, 4) is 0 Å². The molecule has 3 atom stereocenters. The third kappa shape index (κ3) is 6.76. The molecule has 1 amide bonds. The predicted octanol–water partition coefficient (Wildman–Crippen LogP) is 5.32. The van der Waals surface area contributed by atoms with Gasteiger partial charge in [0.1, 0.15) is 22.6 Å². The van der Waals surface area contributed by atoms with Gasteiger partial charge in [-0.2, -0.15) is 13.2 Å². The second-order valence-electron chi connectivity index (χ2n) is 11.5. The van der Waals surface area contributed by atoms with Crippen LogP contribution in [0, 0.1) is 17.3 Å². The fraction of sp³-hybridized carbons (Fsp3) is 0.643. The van der Waals surface area contributed by atoms with Gasteiger partial charge in [0.2, 0.25) is 5.91 Å². The number of anilines is 1. The van der Waals surface area contributed by atoms with E-state index in [2.05, 4.69) is 15.2 Å². The molecule has 4 rings (SSSR count). The van der Waals surface area contributed by atoms with E-state index in [0.717, 1.165) is 56.6 Å². The normalized spacial score (nSPS) is 22.5. The topological polar surface area (TPSA) is 57.7 Å². The third-order valence-corrected chi connectivity index (χ3v) is 9.26. The first-order valence-electron chi connectivity index (χ1n) is 13.8. The lowest BCUT2D eigenvalue weighted by Crippen LogP contribution is -2.48. The van der Waals surface area contributed by atoms with Gasteiger partial charge in [-0.3, -0.25) is 4.79 Å². The van der Waals surface area contributed by atoms with Gasteiger partial charge in [0.25, 0.3) is 0 Å². The molecule has 2 aliphatic heterocycles. The second-order valence-corrected chi connectivity index (χ2v) is 11.8. The van der Waals surface area contributed by atoms with Crippen LogP contribution in [-0.4, -0.2) is 70.1 Å². The van der Waals surface area contributed by atoms with Gasteiger partial charge in [-0.15, -0.1) is 5.98 Å². The first-order chi connectivity index (χ1) is 18.5. The lowest BCUT2D eigenvalue weighted by molar-refractivity contribution is -0.187. The number of piperidine rings is 1. The number of allylic oxidation sites excluding steroid dienone is 2. The molecule has 1 N–H and O–H groups in total. The van der Waals surface area contributed by atoms with Crippen molar-refractivity contribution in [2.45, 2.75) is 57.1 Å². The Morgan fingerprint density at radius 2 is 2.03 bits per heavy atom. The third-order valence-electron chi connectivity index (χ3n) is 8.95. The fourth-order valence-corrected chi connectivity index (χ4v) is 6.72. The number of carbonyl (C=O) groups is 1. The number of hydrogen-bond acceptors (Lipinski definition) is 5. The summed E-state index contributed by atoms with van der Waals surface area (Å²) >= 11 is 6.44. The Balaban J connectivity index is 1.26. The van der Waals surface area contributed by atoms with Crippen molar-refractivity contribution in [3.05, 3.63) is 46.7 Å². The Morgan fingerprint density at radius 3 is 2.62 bits per heavy atom. The van der Waals surface area contributed by atoms with Crippen LogP contribution in [0.4, 0.5) is 19.0 Å². The van der Waals surface area contributed by atoms with Gasteiger partial charge < -0.3 is 19.9 Å². The first-order valence-corrected chi connectivity index (χ1v) is 14.2. The number of rotatable bonds is 9. The molecule has 1 aliphatic carbocycles. The van der Waals surface area contributed by atoms with Crippen molar-refractivity contribution in [2.24, 2.45) is 17.3 Å². The first kappa shape index (κ1) is 29.8. The Bertz CT molecular complexity index is 1080. The van der Waals surface area contributed by atoms with Gasteiger partial charge in [0.05, 0.1) is 7.11 Å². The number of pyridine rings is 1. The van der Waals surface area contributed by atoms with E-state index >= 15 is 0 Å². The SMILES string of the molecule is CNC(C)c1ccc(N2CCC3(CC2)CC(CCN(C)C(=O)[C@H](C2BC=CC(OC)=C2)C(F)(F)F)C3)nc1Cl. The minimum atomic E-state index is -4.62. The van der Waals surface area contributed by atoms with Gasteiger partial charge in [-0.1, -0.05) is 17.7 Å². The summed E-state index contributed by atoms with van der Waals surface area (Å²) in [6.07, 6.45) is 3.42. The molecule has 0 bridgehead atoms. The molecule has 1 saturated heterocycles. The Hall–Kier alpha value is -2.20. The van der Waals surface area contributed by atoms with E-state index in [0.29, 0.717) is 28.8 Å². The summed E-state index contributed by atoms with van der Waals surface area (Å²) in [4.78, 5) is 21.1. The monoisotopic (exact) mass is 566 g/mol. The number of nitrogens with one attached hydrogen (secondary N) is 1. The summed E-state index contributed by atoms with van der Waals surface area (Å²) < 4.78 is 46.9. The maximum Gasteiger partial charge on any atom is 0.400 e. The van der Waals surface area contributed by atoms with Crippen LogP contribution in [0.3, 0.4) is 0 Å². The van der Waals surface area contributed by atoms with Gasteiger partial charge in [0, 0.05) is 38.3 Å². The van der Waals surface area contributed by atoms with E-state index < -0.39 is 23.8 Å². The highest BCUT2D eigenvalue weighted by Gasteiger charge is 2.50. The molecule has 0 aromatic carbocycles. The van der Waals surface area contributed by atoms with Crippen molar-refractivity contribution in [3.63, 3.8) is 0 Å². The van der Waals surface area contributed by atoms with Crippen molar-refractivity contribution in [2.75, 3.05) is 45.7 Å². The molecule has 1 spiro atoms. The molecule has 3 aliphatic rings. The predicted molar refractivity (Wildman–Crippen MR) is 150 cm³/mol. The van der Waals surface area contributed by atoms with E-state index in [1.807, 2.05) is 26.1 Å². The maximum absolute atomic E-state index is 13.9. The van der Waals surface area contributed by atoms with Crippen LogP contribution in [0.15, 0.2) is 36.0 Å². The van der Waals surface area contributed by atoms with Crippen LogP contribution < -0.4 is 10.2 Å². The molecule has 1 saturated carbocycles. The van der Waals surface area contributed by atoms with Crippen LogP contribution in [0.5, 0.6) is 0 Å². The summed E-state index contributed by atoms with van der Waals surface area (Å²) in [5.74, 6) is -0.545. The number of hydrogen-bond donors (Lipinski definition) is 1. The quantitative estimate of drug-likeness (QED) is 0.324. The number of ether oxygens (including phenoxy) is 1. The van der Waals surface area contributed by atoms with E-state index in [-0.39, 0.29) is 13.3 Å². The smallest absolute Gasteiger partial charge is 0.400 e. The van der Waals surface area contributed by atoms with E-state index in [4.69, 9.17) is 16.3 Å². The number of aromatic nitrogens is 1. The van der Waals surface area contributed by atoms with E-state index in [1.165, 1.54) is 25.1 Å². The van der Waals surface area contributed by atoms with Crippen LogP contribution in [0.1, 0.15) is 50.6 Å². The lowest BCUT2D eigenvalue weighted by Gasteiger charge is -2.53. The van der Waals surface area contributed by atoms with Crippen LogP contribution in [0.25, 0.3) is 0 Å². The van der Waals surface area contributed by atoms with E-state index in [1.54, 1.807) is 12.1 Å². The number of amides is 1. The standard InChI is InChI=1S/C28H39BClF3N4O2/c1-18(34-2)21-5-6-23(35-25(21)30)37-13-9-27(10-14-37)16-19(17-27)8-12-36(3)26(38)24(28(31,32)33)22-15-20(39-4)7-11-29-22/h5-7,11,15,18-19,22,24,29,34H,8-10,12-14,16-17H2,1-4H3/t18?,22?,24-/m0/s1. The van der Waals surface area contributed by atoms with Gasteiger partial charge >= 0.3 is 6.18 Å². The number of halogens is 4. The molecule has 2 fully saturated rings. The summed E-state index contributed by atoms with van der Waals surface area (Å²) in [7, 11) is 4.97. The van der Waals surface area contributed by atoms with Gasteiger partial charge in [-0.25, -0.2) is 4.98 Å². The summed E-state index contributed by atoms with van der Waals surface area (Å²) in [5.41, 5.74) is 1.27. The number of methoxy groups -OCH3 is 1. The molecule has 214 valence electrons. The molecule has 3 heterocycles. The Labute approximate surface area is 235 Å². The molecule has 1 aromatic heterocycles. The molecular formula is C28H39BClF3N4O2. The number of carbonyl (C=O) groups excluding carboxylic acids is 1. The molecule has 2 unspecified atom stereocenters. The average molecular weight is 567 g/mol. The lowest BCUT2D eigenvalue weighted by atomic mass is 9.56. The Kier molecular flexibility index (Phi) is 9.26. The minimum absolute atomic E-state index is 0.133. The number of nitrogens with zero attached hydrogens (tertiary/aromatic N) is 3. The molecular weight excluding hydrogens is 528 g/mol. The molecule has 11 heteroatoms. The highest BCUT2D eigenvalue weighted by atomic mass is 35.5. The van der Waals surface area contributed by atoms with E-state index in [9.17, 15) is 18.0 Å². The van der Waals surface area contributed by atoms with Gasteiger partial charge in [0.15, 0.2) is 7.28 Å². The van der Waals surface area contributed by atoms with Crippen LogP contribution in [0.2, 0.25) is 11.0 Å². The summed E-state index contributed by atoms with van der Waals surface area (Å²) in [6.45, 7) is 4.21. The molecule has 0 radical (unpaired) electrons. The fourth-order valence-electron chi connectivity index (χ4n) is 6.41. The zero-order valence-corrected chi connectivity index (χ0v) is 24.0. The summed E-state index contributed by atoms with van der Waals surface area (Å²) in [6, 6.07) is 4.20. The highest BCUT2D eigenvalue weighted by molar-refractivity contribution is 6.46. The second kappa shape index (κ2) is 12.1. The maximum atomic E-state index is 13.9. The van der Waals surface area contributed by atoms with Crippen molar-refractivity contribution in [1.29, 1.82) is 0 Å². The number of alkyl halides is 3. The zero-order chi connectivity index (χ0) is 28.4. The van der Waals surface area contributed by atoms with Crippen molar-refractivity contribution in [1.82, 2.24) is 15.2 Å². The van der Waals surface area contributed by atoms with Crippen molar-refractivity contribution >= 4 is 30.6 Å². The average Bonchev–Trinajstić information content (AvgIpc) is 2.89. The highest BCUT2D eigenvalue weighted by Crippen LogP contribution is 2.54. The Morgan fingerprint density at radius 1 is 1.33 bits per heavy atom. The molecule has 1 aromatic rings. The zero-order valence-electron chi connectivity index (χ0n) is 23.2. The van der Waals surface area contributed by atoms with Crippen LogP contribution in [-0.2, 0) is 9.53 Å². The summed E-state index contributed by atoms with van der Waals surface area (Å²) in [5, 5.41) is 3.71. The largest absolute Gasteiger partial charge is 0.497 e.